The molecule has 0 fully saturated rings. The zero-order chi connectivity index (χ0) is 12.1. The average molecular weight is 267 g/mol. The molecule has 0 saturated heterocycles. The van der Waals surface area contributed by atoms with Gasteiger partial charge in [0.25, 0.3) is 0 Å². The highest BCUT2D eigenvalue weighted by Crippen LogP contribution is 2.19. The molecular weight excluding hydrogens is 250 g/mol. The Labute approximate surface area is 110 Å². The Morgan fingerprint density at radius 2 is 2.24 bits per heavy atom. The summed E-state index contributed by atoms with van der Waals surface area (Å²) in [4.78, 5) is 8.91. The highest BCUT2D eigenvalue weighted by molar-refractivity contribution is 7.09. The maximum Gasteiger partial charge on any atom is 0.109 e. The van der Waals surface area contributed by atoms with E-state index in [1.807, 2.05) is 11.6 Å². The molecule has 0 aliphatic heterocycles. The molecule has 1 unspecified atom stereocenters. The minimum atomic E-state index is 0.349. The lowest BCUT2D eigenvalue weighted by Crippen LogP contribution is -2.20. The molecule has 0 aromatic carbocycles. The van der Waals surface area contributed by atoms with E-state index < -0.39 is 0 Å². The second-order valence-corrected chi connectivity index (χ2v) is 5.67. The number of hydrogen-bond donors (Lipinski definition) is 1. The minimum absolute atomic E-state index is 0.349. The molecule has 1 atom stereocenters. The van der Waals surface area contributed by atoms with Gasteiger partial charge >= 0.3 is 0 Å². The van der Waals surface area contributed by atoms with Gasteiger partial charge in [0.15, 0.2) is 0 Å². The van der Waals surface area contributed by atoms with Crippen molar-refractivity contribution in [1.82, 2.24) is 15.3 Å². The van der Waals surface area contributed by atoms with Crippen LogP contribution in [0.15, 0.2) is 17.0 Å². The second kappa shape index (κ2) is 6.23. The third-order valence-corrected chi connectivity index (χ3v) is 4.52. The molecule has 2 aromatic heterocycles. The first kappa shape index (κ1) is 12.7. The van der Waals surface area contributed by atoms with E-state index in [0.717, 1.165) is 25.1 Å². The van der Waals surface area contributed by atoms with Crippen molar-refractivity contribution in [3.8, 4) is 0 Å². The molecule has 5 heteroatoms. The summed E-state index contributed by atoms with van der Waals surface area (Å²) in [6.07, 6.45) is 3.94. The largest absolute Gasteiger partial charge is 0.302 e. The Balaban J connectivity index is 1.92. The number of thiazole rings is 2. The van der Waals surface area contributed by atoms with Crippen molar-refractivity contribution in [1.29, 1.82) is 0 Å². The maximum atomic E-state index is 4.56. The van der Waals surface area contributed by atoms with Crippen molar-refractivity contribution in [2.75, 3.05) is 0 Å². The zero-order valence-electron chi connectivity index (χ0n) is 10.1. The quantitative estimate of drug-likeness (QED) is 0.871. The van der Waals surface area contributed by atoms with E-state index in [-0.39, 0.29) is 0 Å². The molecule has 1 N–H and O–H groups in total. The fourth-order valence-corrected chi connectivity index (χ4v) is 3.17. The Morgan fingerprint density at radius 1 is 1.35 bits per heavy atom. The van der Waals surface area contributed by atoms with Crippen molar-refractivity contribution in [3.63, 3.8) is 0 Å². The third kappa shape index (κ3) is 3.34. The van der Waals surface area contributed by atoms with E-state index in [9.17, 15) is 0 Å². The van der Waals surface area contributed by atoms with Gasteiger partial charge in [0.2, 0.25) is 0 Å². The van der Waals surface area contributed by atoms with Crippen LogP contribution in [0.25, 0.3) is 0 Å². The second-order valence-electron chi connectivity index (χ2n) is 3.80. The van der Waals surface area contributed by atoms with Crippen LogP contribution in [0.5, 0.6) is 0 Å². The van der Waals surface area contributed by atoms with Crippen LogP contribution in [0.3, 0.4) is 0 Å². The van der Waals surface area contributed by atoms with Gasteiger partial charge in [0, 0.05) is 23.5 Å². The monoisotopic (exact) mass is 267 g/mol. The van der Waals surface area contributed by atoms with E-state index in [1.165, 1.54) is 10.0 Å². The minimum Gasteiger partial charge on any atom is -0.302 e. The van der Waals surface area contributed by atoms with Crippen LogP contribution in [0.1, 0.15) is 42.0 Å². The third-order valence-electron chi connectivity index (χ3n) is 2.59. The molecule has 17 heavy (non-hydrogen) atoms. The standard InChI is InChI=1S/C12H17N3S2/c1-3-10(12-13-5-6-16-12)14-7-9-8-17-11(4-2)15-9/h5-6,8,10,14H,3-4,7H2,1-2H3. The van der Waals surface area contributed by atoms with Crippen molar-refractivity contribution in [2.24, 2.45) is 0 Å². The summed E-state index contributed by atoms with van der Waals surface area (Å²) >= 11 is 3.45. The first-order valence-corrected chi connectivity index (χ1v) is 7.65. The molecule has 0 spiro atoms. The highest BCUT2D eigenvalue weighted by atomic mass is 32.1. The van der Waals surface area contributed by atoms with Gasteiger partial charge in [0.1, 0.15) is 5.01 Å². The molecule has 0 radical (unpaired) electrons. The lowest BCUT2D eigenvalue weighted by Gasteiger charge is -2.13. The predicted octanol–water partition coefficient (Wildman–Crippen LogP) is 3.40. The first-order valence-electron chi connectivity index (χ1n) is 5.89. The summed E-state index contributed by atoms with van der Waals surface area (Å²) in [5, 5.41) is 10.1. The van der Waals surface area contributed by atoms with Crippen molar-refractivity contribution < 1.29 is 0 Å². The van der Waals surface area contributed by atoms with Gasteiger partial charge in [0.05, 0.1) is 16.7 Å². The molecular formula is C12H17N3S2. The Hall–Kier alpha value is -0.780. The molecule has 92 valence electrons. The Bertz CT molecular complexity index is 436. The number of rotatable bonds is 6. The molecule has 3 nitrogen and oxygen atoms in total. The zero-order valence-corrected chi connectivity index (χ0v) is 11.8. The van der Waals surface area contributed by atoms with Crippen LogP contribution in [0, 0.1) is 0 Å². The number of hydrogen-bond acceptors (Lipinski definition) is 5. The topological polar surface area (TPSA) is 37.8 Å². The smallest absolute Gasteiger partial charge is 0.109 e. The predicted molar refractivity (Wildman–Crippen MR) is 73.5 cm³/mol. The van der Waals surface area contributed by atoms with Crippen LogP contribution in [0.2, 0.25) is 0 Å². The first-order chi connectivity index (χ1) is 8.33. The van der Waals surface area contributed by atoms with Crippen molar-refractivity contribution in [3.05, 3.63) is 32.7 Å². The van der Waals surface area contributed by atoms with Gasteiger partial charge in [-0.25, -0.2) is 9.97 Å². The summed E-state index contributed by atoms with van der Waals surface area (Å²) in [5.41, 5.74) is 1.14. The summed E-state index contributed by atoms with van der Waals surface area (Å²) in [6.45, 7) is 5.15. The average Bonchev–Trinajstić information content (AvgIpc) is 3.00. The van der Waals surface area contributed by atoms with Crippen LogP contribution in [0.4, 0.5) is 0 Å². The van der Waals surface area contributed by atoms with Crippen LogP contribution in [-0.4, -0.2) is 9.97 Å². The van der Waals surface area contributed by atoms with E-state index in [4.69, 9.17) is 0 Å². The summed E-state index contributed by atoms with van der Waals surface area (Å²) < 4.78 is 0. The van der Waals surface area contributed by atoms with Crippen LogP contribution < -0.4 is 5.32 Å². The molecule has 2 rings (SSSR count). The number of aromatic nitrogens is 2. The molecule has 0 saturated carbocycles. The van der Waals surface area contributed by atoms with E-state index in [0.29, 0.717) is 6.04 Å². The summed E-state index contributed by atoms with van der Waals surface area (Å²) in [7, 11) is 0. The summed E-state index contributed by atoms with van der Waals surface area (Å²) in [5.74, 6) is 0. The SMILES string of the molecule is CCc1nc(CNC(CC)c2nccs2)cs1. The fraction of sp³-hybridized carbons (Fsp3) is 0.500. The Kier molecular flexibility index (Phi) is 4.65. The number of aryl methyl sites for hydroxylation is 1. The summed E-state index contributed by atoms with van der Waals surface area (Å²) in [6, 6.07) is 0.349. The molecule has 0 amide bonds. The van der Waals surface area contributed by atoms with Gasteiger partial charge in [-0.1, -0.05) is 13.8 Å². The van der Waals surface area contributed by atoms with Gasteiger partial charge in [-0.3, -0.25) is 0 Å². The Morgan fingerprint density at radius 3 is 2.82 bits per heavy atom. The van der Waals surface area contributed by atoms with Crippen LogP contribution in [-0.2, 0) is 13.0 Å². The number of nitrogens with one attached hydrogen (secondary N) is 1. The lowest BCUT2D eigenvalue weighted by molar-refractivity contribution is 0.512. The molecule has 0 aliphatic carbocycles. The van der Waals surface area contributed by atoms with Gasteiger partial charge in [-0.2, -0.15) is 0 Å². The fourth-order valence-electron chi connectivity index (χ4n) is 1.63. The highest BCUT2D eigenvalue weighted by Gasteiger charge is 2.11. The maximum absolute atomic E-state index is 4.56. The number of nitrogens with zero attached hydrogens (tertiary/aromatic N) is 2. The van der Waals surface area contributed by atoms with Crippen LogP contribution >= 0.6 is 22.7 Å². The van der Waals surface area contributed by atoms with Crippen molar-refractivity contribution in [2.45, 2.75) is 39.3 Å². The van der Waals surface area contributed by atoms with E-state index in [2.05, 4.69) is 34.5 Å². The van der Waals surface area contributed by atoms with Crippen molar-refractivity contribution >= 4 is 22.7 Å². The lowest BCUT2D eigenvalue weighted by atomic mass is 10.2. The molecule has 2 heterocycles. The molecule has 0 bridgehead atoms. The van der Waals surface area contributed by atoms with E-state index >= 15 is 0 Å². The normalized spacial score (nSPS) is 12.8. The van der Waals surface area contributed by atoms with E-state index in [1.54, 1.807) is 22.7 Å². The van der Waals surface area contributed by atoms with Gasteiger partial charge < -0.3 is 5.32 Å². The molecule has 0 aliphatic rings. The molecule has 2 aromatic rings. The van der Waals surface area contributed by atoms with Gasteiger partial charge in [-0.15, -0.1) is 22.7 Å². The van der Waals surface area contributed by atoms with Gasteiger partial charge in [-0.05, 0) is 12.8 Å².